The molecular weight excluding hydrogens is 212 g/mol. The van der Waals surface area contributed by atoms with Gasteiger partial charge in [0.1, 0.15) is 6.10 Å². The summed E-state index contributed by atoms with van der Waals surface area (Å²) in [5.74, 6) is -0.0705. The number of nitrogens with zero attached hydrogens (tertiary/aromatic N) is 1. The molecule has 6 heteroatoms. The fourth-order valence-electron chi connectivity index (χ4n) is 2.19. The van der Waals surface area contributed by atoms with Gasteiger partial charge >= 0.3 is 5.69 Å². The Labute approximate surface area is 91.2 Å². The number of hydrogen-bond acceptors (Lipinski definition) is 4. The molecule has 1 heterocycles. The Hall–Kier alpha value is -1.40. The number of nitrogens with one attached hydrogen (secondary N) is 1. The van der Waals surface area contributed by atoms with E-state index in [0.717, 1.165) is 0 Å². The van der Waals surface area contributed by atoms with Crippen LogP contribution in [0.4, 0.5) is 0 Å². The Balaban J connectivity index is 2.39. The first-order valence-electron chi connectivity index (χ1n) is 5.18. The van der Waals surface area contributed by atoms with Crippen molar-refractivity contribution in [2.45, 2.75) is 31.6 Å². The van der Waals surface area contributed by atoms with Gasteiger partial charge in [0.2, 0.25) is 0 Å². The third kappa shape index (κ3) is 1.70. The zero-order valence-electron chi connectivity index (χ0n) is 8.83. The average molecular weight is 226 g/mol. The van der Waals surface area contributed by atoms with Crippen LogP contribution in [-0.4, -0.2) is 32.0 Å². The van der Waals surface area contributed by atoms with Crippen LogP contribution < -0.4 is 11.2 Å². The van der Waals surface area contributed by atoms with Gasteiger partial charge in [-0.25, -0.2) is 4.79 Å². The molecule has 1 aromatic rings. The topological polar surface area (TPSA) is 95.3 Å². The maximum Gasteiger partial charge on any atom is 0.328 e. The molecule has 1 saturated carbocycles. The number of rotatable bonds is 1. The molecule has 0 aliphatic heterocycles. The molecule has 1 aromatic heterocycles. The summed E-state index contributed by atoms with van der Waals surface area (Å²) in [7, 11) is 0. The molecule has 0 saturated heterocycles. The summed E-state index contributed by atoms with van der Waals surface area (Å²) in [6, 6.07) is 0.748. The second kappa shape index (κ2) is 3.88. The lowest BCUT2D eigenvalue weighted by Crippen LogP contribution is -2.36. The van der Waals surface area contributed by atoms with Crippen LogP contribution in [0.2, 0.25) is 0 Å². The quantitative estimate of drug-likeness (QED) is 0.563. The van der Waals surface area contributed by atoms with Crippen LogP contribution in [0.15, 0.2) is 21.9 Å². The molecule has 0 aromatic carbocycles. The van der Waals surface area contributed by atoms with Gasteiger partial charge in [0, 0.05) is 12.3 Å². The zero-order valence-corrected chi connectivity index (χ0v) is 8.83. The lowest BCUT2D eigenvalue weighted by molar-refractivity contribution is 0.00845. The fraction of sp³-hybridized carbons (Fsp3) is 0.600. The Morgan fingerprint density at radius 3 is 2.56 bits per heavy atom. The zero-order chi connectivity index (χ0) is 11.9. The molecule has 88 valence electrons. The monoisotopic (exact) mass is 226 g/mol. The van der Waals surface area contributed by atoms with Crippen molar-refractivity contribution in [2.24, 2.45) is 5.92 Å². The lowest BCUT2D eigenvalue weighted by atomic mass is 10.1. The van der Waals surface area contributed by atoms with Crippen molar-refractivity contribution in [1.82, 2.24) is 9.55 Å². The van der Waals surface area contributed by atoms with Crippen molar-refractivity contribution in [3.05, 3.63) is 33.1 Å². The van der Waals surface area contributed by atoms with E-state index in [4.69, 9.17) is 0 Å². The predicted molar refractivity (Wildman–Crippen MR) is 56.2 cm³/mol. The molecule has 1 aliphatic rings. The maximum atomic E-state index is 11.5. The van der Waals surface area contributed by atoms with E-state index in [1.165, 1.54) is 16.8 Å². The lowest BCUT2D eigenvalue weighted by Gasteiger charge is -2.18. The first-order valence-corrected chi connectivity index (χ1v) is 5.18. The molecule has 2 unspecified atom stereocenters. The van der Waals surface area contributed by atoms with E-state index in [0.29, 0.717) is 6.42 Å². The Bertz CT molecular complexity index is 492. The predicted octanol–water partition coefficient (Wildman–Crippen LogP) is -1.16. The van der Waals surface area contributed by atoms with Crippen LogP contribution in [0.1, 0.15) is 19.4 Å². The average Bonchev–Trinajstić information content (AvgIpc) is 2.46. The smallest absolute Gasteiger partial charge is 0.328 e. The standard InChI is InChI=1S/C10H14N2O4/c1-5-4-6(9(15)8(5)14)12-3-2-7(13)11-10(12)16/h2-3,5-6,8-9,14-15H,4H2,1H3,(H,11,13,16)/t5-,6+,8?,9?/m0/s1. The van der Waals surface area contributed by atoms with Crippen LogP contribution in [0.3, 0.4) is 0 Å². The number of aliphatic hydroxyl groups is 2. The van der Waals surface area contributed by atoms with E-state index in [9.17, 15) is 19.8 Å². The third-order valence-electron chi connectivity index (χ3n) is 3.15. The molecule has 0 amide bonds. The van der Waals surface area contributed by atoms with Crippen molar-refractivity contribution >= 4 is 0 Å². The van der Waals surface area contributed by atoms with E-state index in [1.54, 1.807) is 0 Å². The van der Waals surface area contributed by atoms with Crippen molar-refractivity contribution in [2.75, 3.05) is 0 Å². The normalized spacial score (nSPS) is 34.2. The molecule has 1 fully saturated rings. The van der Waals surface area contributed by atoms with Crippen LogP contribution in [0.25, 0.3) is 0 Å². The molecule has 6 nitrogen and oxygen atoms in total. The summed E-state index contributed by atoms with van der Waals surface area (Å²) in [5, 5.41) is 19.4. The molecule has 0 bridgehead atoms. The van der Waals surface area contributed by atoms with Crippen molar-refractivity contribution in [3.63, 3.8) is 0 Å². The fourth-order valence-corrected chi connectivity index (χ4v) is 2.19. The van der Waals surface area contributed by atoms with E-state index in [1.807, 2.05) is 6.92 Å². The highest BCUT2D eigenvalue weighted by Gasteiger charge is 2.40. The Morgan fingerprint density at radius 1 is 1.38 bits per heavy atom. The summed E-state index contributed by atoms with van der Waals surface area (Å²) in [6.45, 7) is 1.81. The molecule has 3 N–H and O–H groups in total. The van der Waals surface area contributed by atoms with Gasteiger partial charge in [-0.05, 0) is 12.3 Å². The second-order valence-electron chi connectivity index (χ2n) is 4.28. The molecule has 16 heavy (non-hydrogen) atoms. The van der Waals surface area contributed by atoms with E-state index in [-0.39, 0.29) is 5.92 Å². The van der Waals surface area contributed by atoms with Crippen LogP contribution >= 0.6 is 0 Å². The van der Waals surface area contributed by atoms with E-state index >= 15 is 0 Å². The van der Waals surface area contributed by atoms with Gasteiger partial charge in [0.05, 0.1) is 12.1 Å². The minimum atomic E-state index is -0.974. The molecule has 1 aliphatic carbocycles. The third-order valence-corrected chi connectivity index (χ3v) is 3.15. The summed E-state index contributed by atoms with van der Waals surface area (Å²) in [5.41, 5.74) is -1.03. The number of aromatic amines is 1. The highest BCUT2D eigenvalue weighted by atomic mass is 16.3. The molecular formula is C10H14N2O4. The first-order chi connectivity index (χ1) is 7.50. The van der Waals surface area contributed by atoms with Crippen molar-refractivity contribution < 1.29 is 10.2 Å². The second-order valence-corrected chi connectivity index (χ2v) is 4.28. The first kappa shape index (κ1) is 11.1. The molecule has 2 rings (SSSR count). The van der Waals surface area contributed by atoms with Crippen molar-refractivity contribution in [1.29, 1.82) is 0 Å². The molecule has 4 atom stereocenters. The maximum absolute atomic E-state index is 11.5. The van der Waals surface area contributed by atoms with Crippen molar-refractivity contribution in [3.8, 4) is 0 Å². The number of aromatic nitrogens is 2. The Morgan fingerprint density at radius 2 is 2.06 bits per heavy atom. The van der Waals surface area contributed by atoms with Gasteiger partial charge in [-0.2, -0.15) is 0 Å². The molecule has 0 radical (unpaired) electrons. The number of aliphatic hydroxyl groups excluding tert-OH is 2. The summed E-state index contributed by atoms with van der Waals surface area (Å²) in [6.07, 6.45) is 0.0519. The van der Waals surface area contributed by atoms with Gasteiger partial charge in [-0.1, -0.05) is 6.92 Å². The number of hydrogen-bond donors (Lipinski definition) is 3. The highest BCUT2D eigenvalue weighted by Crippen LogP contribution is 2.33. The number of H-pyrrole nitrogens is 1. The SMILES string of the molecule is C[C@H]1C[C@@H](n2ccc(=O)[nH]c2=O)C(O)C1O. The minimum absolute atomic E-state index is 0.0705. The summed E-state index contributed by atoms with van der Waals surface area (Å²) < 4.78 is 1.26. The Kier molecular flexibility index (Phi) is 2.69. The highest BCUT2D eigenvalue weighted by molar-refractivity contribution is 4.96. The van der Waals surface area contributed by atoms with Gasteiger partial charge in [-0.15, -0.1) is 0 Å². The van der Waals surface area contributed by atoms with E-state index in [2.05, 4.69) is 4.98 Å². The minimum Gasteiger partial charge on any atom is -0.390 e. The van der Waals surface area contributed by atoms with Gasteiger partial charge in [0.15, 0.2) is 0 Å². The van der Waals surface area contributed by atoms with Crippen LogP contribution in [0.5, 0.6) is 0 Å². The molecule has 0 spiro atoms. The largest absolute Gasteiger partial charge is 0.390 e. The van der Waals surface area contributed by atoms with Crippen LogP contribution in [0, 0.1) is 5.92 Å². The van der Waals surface area contributed by atoms with Gasteiger partial charge < -0.3 is 10.2 Å². The van der Waals surface area contributed by atoms with Crippen LogP contribution in [-0.2, 0) is 0 Å². The summed E-state index contributed by atoms with van der Waals surface area (Å²) in [4.78, 5) is 24.5. The van der Waals surface area contributed by atoms with E-state index < -0.39 is 29.5 Å². The summed E-state index contributed by atoms with van der Waals surface area (Å²) >= 11 is 0. The van der Waals surface area contributed by atoms with Gasteiger partial charge in [0.25, 0.3) is 5.56 Å². The van der Waals surface area contributed by atoms with Gasteiger partial charge in [-0.3, -0.25) is 14.3 Å².